The van der Waals surface area contributed by atoms with Gasteiger partial charge in [-0.05, 0) is 30.6 Å². The van der Waals surface area contributed by atoms with E-state index in [9.17, 15) is 4.79 Å². The Balaban J connectivity index is 4.18. The van der Waals surface area contributed by atoms with E-state index in [1.54, 1.807) is 6.08 Å². The third-order valence-electron chi connectivity index (χ3n) is 2.94. The van der Waals surface area contributed by atoms with Crippen LogP contribution in [0, 0.1) is 17.8 Å². The summed E-state index contributed by atoms with van der Waals surface area (Å²) in [4.78, 5) is 11.1. The van der Waals surface area contributed by atoms with Gasteiger partial charge in [-0.3, -0.25) is 0 Å². The maximum Gasteiger partial charge on any atom is 0.330 e. The molecule has 0 aliphatic rings. The number of carbonyl (C=O) groups excluding carboxylic acids is 1. The van der Waals surface area contributed by atoms with Crippen LogP contribution in [-0.2, 0) is 9.53 Å². The molecule has 100 valence electrons. The highest BCUT2D eigenvalue weighted by Crippen LogP contribution is 2.21. The first-order valence-electron chi connectivity index (χ1n) is 6.71. The molecule has 0 spiro atoms. The van der Waals surface area contributed by atoms with Gasteiger partial charge in [-0.25, -0.2) is 4.79 Å². The van der Waals surface area contributed by atoms with Crippen molar-refractivity contribution in [3.05, 3.63) is 12.2 Å². The van der Waals surface area contributed by atoms with Gasteiger partial charge in [0.05, 0.1) is 7.11 Å². The molecule has 0 N–H and O–H groups in total. The number of carbonyl (C=O) groups is 1. The lowest BCUT2D eigenvalue weighted by atomic mass is 9.91. The summed E-state index contributed by atoms with van der Waals surface area (Å²) in [6, 6.07) is 0. The van der Waals surface area contributed by atoms with E-state index >= 15 is 0 Å². The summed E-state index contributed by atoms with van der Waals surface area (Å²) < 4.78 is 4.63. The van der Waals surface area contributed by atoms with E-state index in [1.165, 1.54) is 20.0 Å². The van der Waals surface area contributed by atoms with Crippen molar-refractivity contribution in [1.29, 1.82) is 0 Å². The van der Waals surface area contributed by atoms with Crippen molar-refractivity contribution in [2.24, 2.45) is 17.8 Å². The minimum Gasteiger partial charge on any atom is -0.466 e. The summed E-state index contributed by atoms with van der Waals surface area (Å²) in [5.41, 5.74) is 0. The average molecular weight is 240 g/mol. The van der Waals surface area contributed by atoms with Crippen LogP contribution in [0.15, 0.2) is 12.2 Å². The molecular weight excluding hydrogens is 212 g/mol. The number of hydrogen-bond acceptors (Lipinski definition) is 2. The molecular formula is C15H28O2. The van der Waals surface area contributed by atoms with Crippen LogP contribution in [0.2, 0.25) is 0 Å². The normalized spacial score (nSPS) is 12.0. The Labute approximate surface area is 106 Å². The summed E-state index contributed by atoms with van der Waals surface area (Å²) in [6.07, 6.45) is 8.36. The first-order chi connectivity index (χ1) is 7.95. The smallest absolute Gasteiger partial charge is 0.330 e. The molecule has 0 bridgehead atoms. The van der Waals surface area contributed by atoms with Crippen LogP contribution < -0.4 is 0 Å². The Bertz CT molecular complexity index is 217. The first kappa shape index (κ1) is 16.2. The van der Waals surface area contributed by atoms with Crippen molar-refractivity contribution in [2.75, 3.05) is 7.11 Å². The monoisotopic (exact) mass is 240 g/mol. The Morgan fingerprint density at radius 2 is 1.47 bits per heavy atom. The fraction of sp³-hybridized carbons (Fsp3) is 0.800. The molecule has 2 nitrogen and oxygen atoms in total. The Morgan fingerprint density at radius 1 is 1.00 bits per heavy atom. The lowest BCUT2D eigenvalue weighted by Crippen LogP contribution is -2.03. The molecule has 0 radical (unpaired) electrons. The molecule has 0 atom stereocenters. The predicted octanol–water partition coefficient (Wildman–Crippen LogP) is 4.20. The lowest BCUT2D eigenvalue weighted by Gasteiger charge is -2.15. The summed E-state index contributed by atoms with van der Waals surface area (Å²) >= 11 is 0. The van der Waals surface area contributed by atoms with E-state index in [-0.39, 0.29) is 5.97 Å². The van der Waals surface area contributed by atoms with Crippen molar-refractivity contribution >= 4 is 5.97 Å². The van der Waals surface area contributed by atoms with Gasteiger partial charge < -0.3 is 4.74 Å². The van der Waals surface area contributed by atoms with Gasteiger partial charge in [0.1, 0.15) is 0 Å². The van der Waals surface area contributed by atoms with Crippen molar-refractivity contribution < 1.29 is 9.53 Å². The van der Waals surface area contributed by atoms with Gasteiger partial charge in [-0.15, -0.1) is 0 Å². The van der Waals surface area contributed by atoms with Crippen LogP contribution in [0.4, 0.5) is 0 Å². The van der Waals surface area contributed by atoms with Crippen LogP contribution in [0.25, 0.3) is 0 Å². The Kier molecular flexibility index (Phi) is 8.83. The maximum absolute atomic E-state index is 11.1. The minimum absolute atomic E-state index is 0.246. The van der Waals surface area contributed by atoms with Crippen LogP contribution >= 0.6 is 0 Å². The average Bonchev–Trinajstić information content (AvgIpc) is 2.26. The largest absolute Gasteiger partial charge is 0.466 e. The number of ether oxygens (including phenoxy) is 1. The molecule has 0 heterocycles. The molecule has 0 fully saturated rings. The Hall–Kier alpha value is -0.790. The summed E-state index contributed by atoms with van der Waals surface area (Å²) in [7, 11) is 1.42. The SMILES string of the molecule is COC(=O)/C=C/C(CCC(C)C)CCC(C)C. The van der Waals surface area contributed by atoms with Crippen LogP contribution in [0.1, 0.15) is 53.4 Å². The number of methoxy groups -OCH3 is 1. The highest BCUT2D eigenvalue weighted by Gasteiger charge is 2.08. The van der Waals surface area contributed by atoms with Gasteiger partial charge in [0.25, 0.3) is 0 Å². The van der Waals surface area contributed by atoms with Crippen molar-refractivity contribution in [1.82, 2.24) is 0 Å². The standard InChI is InChI=1S/C15H28O2/c1-12(2)6-8-14(9-7-13(3)4)10-11-15(16)17-5/h10-14H,6-9H2,1-5H3/b11-10+. The van der Waals surface area contributed by atoms with E-state index in [2.05, 4.69) is 32.4 Å². The predicted molar refractivity (Wildman–Crippen MR) is 72.8 cm³/mol. The molecule has 0 rings (SSSR count). The Morgan fingerprint density at radius 3 is 1.82 bits per heavy atom. The summed E-state index contributed by atoms with van der Waals surface area (Å²) in [5.74, 6) is 1.72. The van der Waals surface area contributed by atoms with E-state index in [0.29, 0.717) is 5.92 Å². The van der Waals surface area contributed by atoms with Gasteiger partial charge in [-0.1, -0.05) is 46.6 Å². The molecule has 2 heteroatoms. The number of esters is 1. The quantitative estimate of drug-likeness (QED) is 0.469. The van der Waals surface area contributed by atoms with Crippen LogP contribution in [0.5, 0.6) is 0 Å². The highest BCUT2D eigenvalue weighted by molar-refractivity contribution is 5.81. The fourth-order valence-corrected chi connectivity index (χ4v) is 1.71. The zero-order valence-corrected chi connectivity index (χ0v) is 12.0. The van der Waals surface area contributed by atoms with Crippen LogP contribution in [0.3, 0.4) is 0 Å². The fourth-order valence-electron chi connectivity index (χ4n) is 1.71. The molecule has 0 aromatic carbocycles. The van der Waals surface area contributed by atoms with Crippen molar-refractivity contribution in [3.8, 4) is 0 Å². The van der Waals surface area contributed by atoms with Crippen LogP contribution in [-0.4, -0.2) is 13.1 Å². The van der Waals surface area contributed by atoms with E-state index in [4.69, 9.17) is 0 Å². The van der Waals surface area contributed by atoms with E-state index in [0.717, 1.165) is 24.7 Å². The highest BCUT2D eigenvalue weighted by atomic mass is 16.5. The molecule has 17 heavy (non-hydrogen) atoms. The molecule has 0 aliphatic carbocycles. The second-order valence-electron chi connectivity index (χ2n) is 5.58. The van der Waals surface area contributed by atoms with Gasteiger partial charge >= 0.3 is 5.97 Å². The second-order valence-corrected chi connectivity index (χ2v) is 5.58. The molecule has 0 saturated heterocycles. The zero-order chi connectivity index (χ0) is 13.3. The first-order valence-corrected chi connectivity index (χ1v) is 6.71. The molecule has 0 saturated carbocycles. The molecule has 0 aliphatic heterocycles. The zero-order valence-electron chi connectivity index (χ0n) is 12.0. The van der Waals surface area contributed by atoms with Gasteiger partial charge in [0, 0.05) is 6.08 Å². The summed E-state index contributed by atoms with van der Waals surface area (Å²) in [5, 5.41) is 0. The minimum atomic E-state index is -0.246. The van der Waals surface area contributed by atoms with Crippen molar-refractivity contribution in [3.63, 3.8) is 0 Å². The van der Waals surface area contributed by atoms with Gasteiger partial charge in [-0.2, -0.15) is 0 Å². The number of rotatable bonds is 8. The van der Waals surface area contributed by atoms with Gasteiger partial charge in [0.2, 0.25) is 0 Å². The second kappa shape index (κ2) is 9.26. The third kappa shape index (κ3) is 10.1. The topological polar surface area (TPSA) is 26.3 Å². The number of allylic oxidation sites excluding steroid dienone is 1. The summed E-state index contributed by atoms with van der Waals surface area (Å²) in [6.45, 7) is 8.96. The molecule has 0 amide bonds. The molecule has 0 aromatic rings. The van der Waals surface area contributed by atoms with Crippen molar-refractivity contribution in [2.45, 2.75) is 53.4 Å². The number of hydrogen-bond donors (Lipinski definition) is 0. The molecule has 0 unspecified atom stereocenters. The van der Waals surface area contributed by atoms with E-state index < -0.39 is 0 Å². The lowest BCUT2D eigenvalue weighted by molar-refractivity contribution is -0.134. The van der Waals surface area contributed by atoms with E-state index in [1.807, 2.05) is 6.08 Å². The third-order valence-corrected chi connectivity index (χ3v) is 2.94. The maximum atomic E-state index is 11.1. The van der Waals surface area contributed by atoms with Gasteiger partial charge in [0.15, 0.2) is 0 Å². The molecule has 0 aromatic heterocycles.